The second kappa shape index (κ2) is 5.90. The summed E-state index contributed by atoms with van der Waals surface area (Å²) < 4.78 is 5.35. The second-order valence-electron chi connectivity index (χ2n) is 5.10. The first-order valence-corrected chi connectivity index (χ1v) is 6.96. The van der Waals surface area contributed by atoms with Crippen molar-refractivity contribution in [1.82, 2.24) is 20.3 Å². The topological polar surface area (TPSA) is 97.0 Å². The molecule has 21 heavy (non-hydrogen) atoms. The van der Waals surface area contributed by atoms with E-state index in [2.05, 4.69) is 20.3 Å². The molecule has 3 heterocycles. The SMILES string of the molecule is O=C1CCC(COC(=O)c2ncnc3[nH]ccc23)CCN1. The van der Waals surface area contributed by atoms with Gasteiger partial charge in [-0.15, -0.1) is 0 Å². The molecule has 0 spiro atoms. The molecule has 7 nitrogen and oxygen atoms in total. The van der Waals surface area contributed by atoms with Crippen molar-refractivity contribution in [1.29, 1.82) is 0 Å². The number of carbonyl (C=O) groups is 2. The summed E-state index contributed by atoms with van der Waals surface area (Å²) in [5.41, 5.74) is 0.880. The van der Waals surface area contributed by atoms with E-state index in [1.807, 2.05) is 0 Å². The zero-order chi connectivity index (χ0) is 14.7. The standard InChI is InChI=1S/C14H16N4O3/c19-11-2-1-9(3-5-15-11)7-21-14(20)12-10-4-6-16-13(10)18-8-17-12/h4,6,8-9H,1-3,5,7H2,(H,15,19)(H,16,17,18). The van der Waals surface area contributed by atoms with E-state index in [1.165, 1.54) is 6.33 Å². The number of aromatic amines is 1. The molecule has 0 bridgehead atoms. The minimum absolute atomic E-state index is 0.0636. The lowest BCUT2D eigenvalue weighted by molar-refractivity contribution is -0.120. The van der Waals surface area contributed by atoms with E-state index in [0.717, 1.165) is 12.8 Å². The average molecular weight is 288 g/mol. The van der Waals surface area contributed by atoms with Gasteiger partial charge in [0.05, 0.1) is 12.0 Å². The minimum atomic E-state index is -0.453. The Labute approximate surface area is 121 Å². The molecular formula is C14H16N4O3. The van der Waals surface area contributed by atoms with Crippen molar-refractivity contribution in [3.8, 4) is 0 Å². The van der Waals surface area contributed by atoms with E-state index in [9.17, 15) is 9.59 Å². The van der Waals surface area contributed by atoms with E-state index in [1.54, 1.807) is 12.3 Å². The van der Waals surface area contributed by atoms with Crippen molar-refractivity contribution in [3.05, 3.63) is 24.3 Å². The Bertz CT molecular complexity index is 667. The number of carbonyl (C=O) groups excluding carboxylic acids is 2. The number of hydrogen-bond donors (Lipinski definition) is 2. The summed E-state index contributed by atoms with van der Waals surface area (Å²) >= 11 is 0. The fraction of sp³-hybridized carbons (Fsp3) is 0.429. The number of nitrogens with zero attached hydrogens (tertiary/aromatic N) is 2. The van der Waals surface area contributed by atoms with Crippen LogP contribution in [0.25, 0.3) is 11.0 Å². The largest absolute Gasteiger partial charge is 0.461 e. The van der Waals surface area contributed by atoms with Crippen LogP contribution >= 0.6 is 0 Å². The smallest absolute Gasteiger partial charge is 0.357 e. The molecule has 1 aliphatic heterocycles. The van der Waals surface area contributed by atoms with Crippen LogP contribution in [0.1, 0.15) is 29.8 Å². The monoisotopic (exact) mass is 288 g/mol. The van der Waals surface area contributed by atoms with E-state index >= 15 is 0 Å². The number of fused-ring (bicyclic) bond motifs is 1. The van der Waals surface area contributed by atoms with Crippen LogP contribution in [0.5, 0.6) is 0 Å². The third-order valence-electron chi connectivity index (χ3n) is 3.65. The highest BCUT2D eigenvalue weighted by molar-refractivity contribution is 6.00. The molecular weight excluding hydrogens is 272 g/mol. The summed E-state index contributed by atoms with van der Waals surface area (Å²) in [5, 5.41) is 3.46. The summed E-state index contributed by atoms with van der Waals surface area (Å²) in [6, 6.07) is 1.75. The van der Waals surface area contributed by atoms with Gasteiger partial charge in [-0.3, -0.25) is 4.79 Å². The first-order chi connectivity index (χ1) is 10.2. The van der Waals surface area contributed by atoms with Gasteiger partial charge in [0.2, 0.25) is 5.91 Å². The normalized spacial score (nSPS) is 19.0. The molecule has 3 rings (SSSR count). The molecule has 1 aliphatic rings. The maximum absolute atomic E-state index is 12.1. The number of amides is 1. The number of aromatic nitrogens is 3. The van der Waals surface area contributed by atoms with Gasteiger partial charge in [0.15, 0.2) is 5.69 Å². The molecule has 0 radical (unpaired) electrons. The summed E-state index contributed by atoms with van der Waals surface area (Å²) in [6.07, 6.45) is 5.09. The van der Waals surface area contributed by atoms with Crippen LogP contribution in [0.4, 0.5) is 0 Å². The molecule has 1 unspecified atom stereocenters. The Balaban J connectivity index is 1.64. The highest BCUT2D eigenvalue weighted by Gasteiger charge is 2.20. The van der Waals surface area contributed by atoms with Gasteiger partial charge in [-0.2, -0.15) is 0 Å². The van der Waals surface area contributed by atoms with Crippen molar-refractivity contribution in [2.45, 2.75) is 19.3 Å². The van der Waals surface area contributed by atoms with Crippen LogP contribution in [-0.2, 0) is 9.53 Å². The Kier molecular flexibility index (Phi) is 3.81. The Morgan fingerprint density at radius 1 is 1.38 bits per heavy atom. The fourth-order valence-electron chi connectivity index (χ4n) is 2.45. The molecule has 1 amide bonds. The molecule has 110 valence electrons. The Morgan fingerprint density at radius 3 is 3.19 bits per heavy atom. The molecule has 0 aromatic carbocycles. The summed E-state index contributed by atoms with van der Waals surface area (Å²) in [4.78, 5) is 34.4. The van der Waals surface area contributed by atoms with Crippen LogP contribution in [0.2, 0.25) is 0 Å². The van der Waals surface area contributed by atoms with E-state index in [4.69, 9.17) is 4.74 Å². The summed E-state index contributed by atoms with van der Waals surface area (Å²) in [6.45, 7) is 0.945. The van der Waals surface area contributed by atoms with Gasteiger partial charge in [0.25, 0.3) is 0 Å². The Morgan fingerprint density at radius 2 is 2.29 bits per heavy atom. The highest BCUT2D eigenvalue weighted by Crippen LogP contribution is 2.17. The van der Waals surface area contributed by atoms with Crippen molar-refractivity contribution in [3.63, 3.8) is 0 Å². The van der Waals surface area contributed by atoms with Gasteiger partial charge in [-0.25, -0.2) is 14.8 Å². The molecule has 2 aromatic heterocycles. The fourth-order valence-corrected chi connectivity index (χ4v) is 2.45. The highest BCUT2D eigenvalue weighted by atomic mass is 16.5. The van der Waals surface area contributed by atoms with Gasteiger partial charge >= 0.3 is 5.97 Å². The van der Waals surface area contributed by atoms with Gasteiger partial charge in [0, 0.05) is 19.2 Å². The predicted octanol–water partition coefficient (Wildman–Crippen LogP) is 1.03. The first kappa shape index (κ1) is 13.5. The molecule has 0 saturated carbocycles. The zero-order valence-electron chi connectivity index (χ0n) is 11.5. The summed E-state index contributed by atoms with van der Waals surface area (Å²) in [7, 11) is 0. The third-order valence-corrected chi connectivity index (χ3v) is 3.65. The number of esters is 1. The van der Waals surface area contributed by atoms with Crippen LogP contribution < -0.4 is 5.32 Å². The zero-order valence-corrected chi connectivity index (χ0v) is 11.5. The lowest BCUT2D eigenvalue weighted by atomic mass is 10.0. The van der Waals surface area contributed by atoms with Crippen LogP contribution in [0, 0.1) is 5.92 Å². The van der Waals surface area contributed by atoms with Crippen LogP contribution in [0.15, 0.2) is 18.6 Å². The lowest BCUT2D eigenvalue weighted by Crippen LogP contribution is -2.21. The van der Waals surface area contributed by atoms with Crippen molar-refractivity contribution < 1.29 is 14.3 Å². The van der Waals surface area contributed by atoms with E-state index in [0.29, 0.717) is 30.6 Å². The molecule has 1 fully saturated rings. The first-order valence-electron chi connectivity index (χ1n) is 6.96. The van der Waals surface area contributed by atoms with Gasteiger partial charge in [-0.05, 0) is 24.8 Å². The maximum Gasteiger partial charge on any atom is 0.357 e. The van der Waals surface area contributed by atoms with Gasteiger partial charge < -0.3 is 15.0 Å². The van der Waals surface area contributed by atoms with Crippen molar-refractivity contribution in [2.24, 2.45) is 5.92 Å². The molecule has 0 aliphatic carbocycles. The quantitative estimate of drug-likeness (QED) is 0.822. The number of H-pyrrole nitrogens is 1. The van der Waals surface area contributed by atoms with Crippen molar-refractivity contribution >= 4 is 22.9 Å². The third kappa shape index (κ3) is 3.01. The van der Waals surface area contributed by atoms with Gasteiger partial charge in [-0.1, -0.05) is 0 Å². The predicted molar refractivity (Wildman–Crippen MR) is 74.5 cm³/mol. The number of hydrogen-bond acceptors (Lipinski definition) is 5. The second-order valence-corrected chi connectivity index (χ2v) is 5.10. The van der Waals surface area contributed by atoms with E-state index in [-0.39, 0.29) is 17.5 Å². The summed E-state index contributed by atoms with van der Waals surface area (Å²) in [5.74, 6) is -0.185. The molecule has 2 N–H and O–H groups in total. The molecule has 1 saturated heterocycles. The van der Waals surface area contributed by atoms with E-state index < -0.39 is 5.97 Å². The molecule has 2 aromatic rings. The maximum atomic E-state index is 12.1. The minimum Gasteiger partial charge on any atom is -0.461 e. The lowest BCUT2D eigenvalue weighted by Gasteiger charge is -2.13. The van der Waals surface area contributed by atoms with Crippen LogP contribution in [0.3, 0.4) is 0 Å². The number of rotatable bonds is 3. The molecule has 7 heteroatoms. The number of ether oxygens (including phenoxy) is 1. The molecule has 1 atom stereocenters. The Hall–Kier alpha value is -2.44. The van der Waals surface area contributed by atoms with Crippen molar-refractivity contribution in [2.75, 3.05) is 13.2 Å². The average Bonchev–Trinajstić information content (AvgIpc) is 2.88. The van der Waals surface area contributed by atoms with Gasteiger partial charge in [0.1, 0.15) is 12.0 Å². The van der Waals surface area contributed by atoms with Crippen LogP contribution in [-0.4, -0.2) is 40.0 Å². The number of nitrogens with one attached hydrogen (secondary N) is 2.